The number of nitrogens with one attached hydrogen (secondary N) is 1. The number of benzene rings is 1. The van der Waals surface area contributed by atoms with Crippen LogP contribution >= 0.6 is 32.9 Å². The number of hydrogen-bond donors (Lipinski definition) is 1. The second-order valence-electron chi connectivity index (χ2n) is 6.45. The standard InChI is InChI=1S/C20H21N3O5S3/c1-13(10-22-15(24)12-28-14-6-4-3-5-7-14)17-18(26)23(11-16(25)27-2)19(17)30-31-20-21-8-9-29-20/h3-10,17,19H,11-12H2,1-2H3,(H,22,24). The first-order valence-corrected chi connectivity index (χ1v) is 12.3. The van der Waals surface area contributed by atoms with Crippen LogP contribution in [0, 0.1) is 5.92 Å². The molecule has 0 saturated carbocycles. The monoisotopic (exact) mass is 479 g/mol. The maximum Gasteiger partial charge on any atom is 0.325 e. The van der Waals surface area contributed by atoms with Crippen LogP contribution in [0.3, 0.4) is 0 Å². The minimum atomic E-state index is -0.482. The molecule has 1 fully saturated rings. The predicted octanol–water partition coefficient (Wildman–Crippen LogP) is 2.94. The van der Waals surface area contributed by atoms with E-state index in [0.717, 1.165) is 4.34 Å². The zero-order valence-electron chi connectivity index (χ0n) is 16.8. The fraction of sp³-hybridized carbons (Fsp3) is 0.300. The normalized spacial score (nSPS) is 18.3. The number of β-lactam (4-membered cyclic amide) rings is 1. The molecule has 2 amide bonds. The van der Waals surface area contributed by atoms with Gasteiger partial charge in [-0.2, -0.15) is 0 Å². The molecule has 0 radical (unpaired) electrons. The lowest BCUT2D eigenvalue weighted by Gasteiger charge is -2.46. The smallest absolute Gasteiger partial charge is 0.325 e. The zero-order valence-corrected chi connectivity index (χ0v) is 19.3. The Morgan fingerprint density at radius 3 is 2.77 bits per heavy atom. The van der Waals surface area contributed by atoms with Crippen molar-refractivity contribution in [3.8, 4) is 5.75 Å². The highest BCUT2D eigenvalue weighted by Gasteiger charge is 2.49. The molecule has 1 aromatic carbocycles. The minimum Gasteiger partial charge on any atom is -0.484 e. The van der Waals surface area contributed by atoms with E-state index >= 15 is 0 Å². The summed E-state index contributed by atoms with van der Waals surface area (Å²) >= 11 is 1.50. The number of rotatable bonds is 10. The Balaban J connectivity index is 1.59. The Labute approximate surface area is 191 Å². The SMILES string of the molecule is COC(=O)CN1C(=O)C(C(C)=CNC(=O)COc2ccccc2)C1SSc1nccs1. The second kappa shape index (κ2) is 11.2. The summed E-state index contributed by atoms with van der Waals surface area (Å²) in [5, 5.41) is 4.25. The summed E-state index contributed by atoms with van der Waals surface area (Å²) in [4.78, 5) is 42.2. The third-order valence-electron chi connectivity index (χ3n) is 4.36. The van der Waals surface area contributed by atoms with Crippen molar-refractivity contribution in [2.75, 3.05) is 20.3 Å². The van der Waals surface area contributed by atoms with E-state index in [1.807, 2.05) is 23.6 Å². The molecule has 31 heavy (non-hydrogen) atoms. The van der Waals surface area contributed by atoms with Crippen molar-refractivity contribution in [2.24, 2.45) is 5.92 Å². The number of hydrogen-bond acceptors (Lipinski definition) is 9. The van der Waals surface area contributed by atoms with Crippen LogP contribution in [0.2, 0.25) is 0 Å². The number of para-hydroxylation sites is 1. The molecule has 2 unspecified atom stereocenters. The molecule has 1 aliphatic rings. The van der Waals surface area contributed by atoms with Crippen LogP contribution in [0.15, 0.2) is 58.0 Å². The molecule has 0 aliphatic carbocycles. The van der Waals surface area contributed by atoms with E-state index in [2.05, 4.69) is 10.3 Å². The van der Waals surface area contributed by atoms with Gasteiger partial charge >= 0.3 is 5.97 Å². The van der Waals surface area contributed by atoms with Crippen LogP contribution in [0.25, 0.3) is 0 Å². The number of ether oxygens (including phenoxy) is 2. The Morgan fingerprint density at radius 2 is 2.10 bits per heavy atom. The lowest BCUT2D eigenvalue weighted by Crippen LogP contribution is -2.60. The average molecular weight is 480 g/mol. The van der Waals surface area contributed by atoms with E-state index in [4.69, 9.17) is 9.47 Å². The zero-order chi connectivity index (χ0) is 22.2. The molecule has 0 bridgehead atoms. The number of likely N-dealkylation sites (tertiary alicyclic amines) is 1. The van der Waals surface area contributed by atoms with Gasteiger partial charge in [0.15, 0.2) is 10.9 Å². The van der Waals surface area contributed by atoms with Crippen molar-refractivity contribution >= 4 is 50.7 Å². The number of aromatic nitrogens is 1. The molecule has 2 aromatic rings. The number of methoxy groups -OCH3 is 1. The summed E-state index contributed by atoms with van der Waals surface area (Å²) in [7, 11) is 4.18. The van der Waals surface area contributed by atoms with Crippen LogP contribution < -0.4 is 10.1 Å². The predicted molar refractivity (Wildman–Crippen MR) is 120 cm³/mol. The highest BCUT2D eigenvalue weighted by Crippen LogP contribution is 2.47. The largest absolute Gasteiger partial charge is 0.484 e. The van der Waals surface area contributed by atoms with Gasteiger partial charge in [-0.05, 0) is 35.4 Å². The van der Waals surface area contributed by atoms with Crippen LogP contribution in [-0.4, -0.2) is 53.3 Å². The lowest BCUT2D eigenvalue weighted by atomic mass is 9.91. The molecule has 1 saturated heterocycles. The summed E-state index contributed by atoms with van der Waals surface area (Å²) < 4.78 is 11.0. The summed E-state index contributed by atoms with van der Waals surface area (Å²) in [6.07, 6.45) is 3.23. The quantitative estimate of drug-likeness (QED) is 0.316. The molecule has 3 rings (SSSR count). The summed E-state index contributed by atoms with van der Waals surface area (Å²) in [6, 6.07) is 9.03. The van der Waals surface area contributed by atoms with Gasteiger partial charge in [0, 0.05) is 17.8 Å². The Kier molecular flexibility index (Phi) is 8.38. The van der Waals surface area contributed by atoms with Gasteiger partial charge in [0.2, 0.25) is 5.91 Å². The van der Waals surface area contributed by atoms with E-state index in [9.17, 15) is 14.4 Å². The number of nitrogens with zero attached hydrogens (tertiary/aromatic N) is 2. The van der Waals surface area contributed by atoms with Gasteiger partial charge in [0.05, 0.1) is 13.0 Å². The fourth-order valence-corrected chi connectivity index (χ4v) is 6.47. The van der Waals surface area contributed by atoms with Crippen molar-refractivity contribution in [3.63, 3.8) is 0 Å². The van der Waals surface area contributed by atoms with Gasteiger partial charge in [-0.1, -0.05) is 29.0 Å². The Morgan fingerprint density at radius 1 is 1.32 bits per heavy atom. The molecule has 0 spiro atoms. The summed E-state index contributed by atoms with van der Waals surface area (Å²) in [6.45, 7) is 1.52. The topological polar surface area (TPSA) is 97.8 Å². The molecule has 2 atom stereocenters. The van der Waals surface area contributed by atoms with Crippen molar-refractivity contribution < 1.29 is 23.9 Å². The first-order valence-electron chi connectivity index (χ1n) is 9.23. The van der Waals surface area contributed by atoms with Crippen molar-refractivity contribution in [1.29, 1.82) is 0 Å². The van der Waals surface area contributed by atoms with Crippen LogP contribution in [-0.2, 0) is 19.1 Å². The van der Waals surface area contributed by atoms with E-state index in [0.29, 0.717) is 11.3 Å². The first-order chi connectivity index (χ1) is 15.0. The summed E-state index contributed by atoms with van der Waals surface area (Å²) in [5.41, 5.74) is 0.691. The third kappa shape index (κ3) is 6.25. The number of esters is 1. The Hall–Kier alpha value is -2.50. The number of amides is 2. The highest BCUT2D eigenvalue weighted by atomic mass is 33.1. The molecule has 8 nitrogen and oxygen atoms in total. The van der Waals surface area contributed by atoms with Crippen molar-refractivity contribution in [2.45, 2.75) is 16.6 Å². The molecule has 1 N–H and O–H groups in total. The maximum atomic E-state index is 12.7. The average Bonchev–Trinajstić information content (AvgIpc) is 3.31. The molecule has 164 valence electrons. The van der Waals surface area contributed by atoms with Gasteiger partial charge in [0.1, 0.15) is 17.7 Å². The third-order valence-corrected chi connectivity index (χ3v) is 8.20. The van der Waals surface area contributed by atoms with Crippen LogP contribution in [0.1, 0.15) is 6.92 Å². The van der Waals surface area contributed by atoms with Crippen molar-refractivity contribution in [1.82, 2.24) is 15.2 Å². The maximum absolute atomic E-state index is 12.7. The van der Waals surface area contributed by atoms with Gasteiger partial charge in [0.25, 0.3) is 5.91 Å². The van der Waals surface area contributed by atoms with E-state index in [-0.39, 0.29) is 30.3 Å². The molecule has 11 heteroatoms. The van der Waals surface area contributed by atoms with E-state index in [1.54, 1.807) is 25.3 Å². The minimum absolute atomic E-state index is 0.119. The number of carbonyl (C=O) groups excluding carboxylic acids is 3. The summed E-state index contributed by atoms with van der Waals surface area (Å²) in [5.74, 6) is -0.863. The van der Waals surface area contributed by atoms with Gasteiger partial charge in [-0.15, -0.1) is 11.3 Å². The van der Waals surface area contributed by atoms with Crippen LogP contribution in [0.5, 0.6) is 5.75 Å². The second-order valence-corrected chi connectivity index (χ2v) is 9.90. The molecule has 1 aliphatic heterocycles. The molecular formula is C20H21N3O5S3. The van der Waals surface area contributed by atoms with E-state index < -0.39 is 11.9 Å². The van der Waals surface area contributed by atoms with Crippen molar-refractivity contribution in [3.05, 3.63) is 53.7 Å². The van der Waals surface area contributed by atoms with Gasteiger partial charge < -0.3 is 19.7 Å². The first kappa shape index (κ1) is 23.2. The highest BCUT2D eigenvalue weighted by molar-refractivity contribution is 8.77. The van der Waals surface area contributed by atoms with Gasteiger partial charge in [-0.25, -0.2) is 4.98 Å². The van der Waals surface area contributed by atoms with Gasteiger partial charge in [-0.3, -0.25) is 14.4 Å². The molecular weight excluding hydrogens is 458 g/mol. The molecule has 2 heterocycles. The lowest BCUT2D eigenvalue weighted by molar-refractivity contribution is -0.157. The Bertz CT molecular complexity index is 937. The van der Waals surface area contributed by atoms with E-state index in [1.165, 1.54) is 51.1 Å². The number of carbonyl (C=O) groups is 3. The fourth-order valence-electron chi connectivity index (χ4n) is 2.76. The van der Waals surface area contributed by atoms with Crippen LogP contribution in [0.4, 0.5) is 0 Å². The number of thiazole rings is 1. The molecule has 1 aromatic heterocycles.